The average Bonchev–Trinajstić information content (AvgIpc) is 2.84. The molecular weight excluding hydrogens is 252 g/mol. The van der Waals surface area contributed by atoms with Gasteiger partial charge < -0.3 is 9.47 Å². The molecule has 2 rings (SSSR count). The van der Waals surface area contributed by atoms with Crippen LogP contribution >= 0.6 is 0 Å². The molecule has 0 spiro atoms. The summed E-state index contributed by atoms with van der Waals surface area (Å²) in [6.45, 7) is 1.81. The molecule has 7 heteroatoms. The van der Waals surface area contributed by atoms with Gasteiger partial charge in [-0.05, 0) is 6.08 Å². The van der Waals surface area contributed by atoms with Gasteiger partial charge in [-0.15, -0.1) is 0 Å². The monoisotopic (exact) mass is 266 g/mol. The predicted octanol–water partition coefficient (Wildman–Crippen LogP) is -0.0566. The molecule has 0 bridgehead atoms. The van der Waals surface area contributed by atoms with E-state index in [2.05, 4.69) is 4.98 Å². The van der Waals surface area contributed by atoms with Gasteiger partial charge in [-0.2, -0.15) is 0 Å². The van der Waals surface area contributed by atoms with E-state index in [9.17, 15) is 14.4 Å². The summed E-state index contributed by atoms with van der Waals surface area (Å²) in [7, 11) is 0. The summed E-state index contributed by atoms with van der Waals surface area (Å²) in [5.74, 6) is -0.304. The minimum Gasteiger partial charge on any atom is -0.463 e. The van der Waals surface area contributed by atoms with E-state index in [1.54, 1.807) is 19.1 Å². The minimum absolute atomic E-state index is 0.109. The Balaban J connectivity index is 1.99. The Morgan fingerprint density at radius 3 is 2.95 bits per heavy atom. The zero-order valence-electron chi connectivity index (χ0n) is 10.4. The van der Waals surface area contributed by atoms with E-state index in [1.165, 1.54) is 16.8 Å². The van der Waals surface area contributed by atoms with Gasteiger partial charge in [0.1, 0.15) is 12.7 Å². The van der Waals surface area contributed by atoms with Crippen molar-refractivity contribution in [2.75, 3.05) is 6.61 Å². The summed E-state index contributed by atoms with van der Waals surface area (Å²) in [6, 6.07) is 1.24. The number of carbonyl (C=O) groups is 1. The van der Waals surface area contributed by atoms with Gasteiger partial charge in [0, 0.05) is 18.7 Å². The fourth-order valence-electron chi connectivity index (χ4n) is 1.65. The van der Waals surface area contributed by atoms with Gasteiger partial charge in [0.2, 0.25) is 0 Å². The lowest BCUT2D eigenvalue weighted by atomic mass is 10.3. The number of carbonyl (C=O) groups excluding carboxylic acids is 1. The third-order valence-corrected chi connectivity index (χ3v) is 2.63. The van der Waals surface area contributed by atoms with E-state index in [-0.39, 0.29) is 18.7 Å². The Bertz CT molecular complexity index is 601. The first-order chi connectivity index (χ1) is 9.10. The fraction of sp³-hybridized carbons (Fsp3) is 0.417. The van der Waals surface area contributed by atoms with Crippen LogP contribution in [0.1, 0.15) is 19.6 Å². The van der Waals surface area contributed by atoms with Crippen molar-refractivity contribution in [1.82, 2.24) is 9.55 Å². The average molecular weight is 266 g/mol. The molecular formula is C12H14N2O5. The van der Waals surface area contributed by atoms with Crippen LogP contribution in [0.3, 0.4) is 0 Å². The Morgan fingerprint density at radius 1 is 1.47 bits per heavy atom. The number of hydrogen-bond donors (Lipinski definition) is 1. The first kappa shape index (κ1) is 13.3. The van der Waals surface area contributed by atoms with Crippen molar-refractivity contribution in [3.05, 3.63) is 45.3 Å². The number of esters is 1. The predicted molar refractivity (Wildman–Crippen MR) is 65.6 cm³/mol. The lowest BCUT2D eigenvalue weighted by Crippen LogP contribution is -2.32. The molecule has 2 atom stereocenters. The Kier molecular flexibility index (Phi) is 3.96. The summed E-state index contributed by atoms with van der Waals surface area (Å²) in [6.07, 6.45) is 4.06. The third kappa shape index (κ3) is 3.19. The Hall–Kier alpha value is -2.15. The molecule has 0 aliphatic carbocycles. The molecule has 0 saturated heterocycles. The molecule has 1 aliphatic heterocycles. The highest BCUT2D eigenvalue weighted by Crippen LogP contribution is 2.19. The maximum atomic E-state index is 11.6. The molecule has 0 aromatic carbocycles. The lowest BCUT2D eigenvalue weighted by molar-refractivity contribution is -0.147. The maximum Gasteiger partial charge on any atom is 0.330 e. The van der Waals surface area contributed by atoms with E-state index in [4.69, 9.17) is 9.47 Å². The number of aromatic nitrogens is 2. The van der Waals surface area contributed by atoms with E-state index >= 15 is 0 Å². The Labute approximate surface area is 108 Å². The number of nitrogens with one attached hydrogen (secondary N) is 1. The molecule has 1 aliphatic rings. The van der Waals surface area contributed by atoms with E-state index in [1.807, 2.05) is 0 Å². The molecule has 1 aromatic rings. The lowest BCUT2D eigenvalue weighted by Gasteiger charge is -2.15. The second-order valence-corrected chi connectivity index (χ2v) is 4.00. The zero-order valence-corrected chi connectivity index (χ0v) is 10.4. The molecule has 1 N–H and O–H groups in total. The number of H-pyrrole nitrogens is 1. The molecule has 2 heterocycles. The summed E-state index contributed by atoms with van der Waals surface area (Å²) in [4.78, 5) is 35.7. The molecule has 0 radical (unpaired) electrons. The van der Waals surface area contributed by atoms with Gasteiger partial charge in [0.05, 0.1) is 0 Å². The van der Waals surface area contributed by atoms with Gasteiger partial charge in [-0.1, -0.05) is 13.0 Å². The highest BCUT2D eigenvalue weighted by Gasteiger charge is 2.22. The maximum absolute atomic E-state index is 11.6. The zero-order chi connectivity index (χ0) is 13.8. The van der Waals surface area contributed by atoms with Gasteiger partial charge in [0.25, 0.3) is 5.56 Å². The third-order valence-electron chi connectivity index (χ3n) is 2.63. The molecule has 0 unspecified atom stereocenters. The molecule has 0 saturated carbocycles. The SMILES string of the molecule is CCC(=O)OC[C@H]1C=C[C@@H](n2ccc(=O)[nH]c2=O)O1. The number of rotatable bonds is 4. The minimum atomic E-state index is -0.602. The van der Waals surface area contributed by atoms with Crippen molar-refractivity contribution in [2.45, 2.75) is 25.7 Å². The van der Waals surface area contributed by atoms with Crippen LogP contribution in [0, 0.1) is 0 Å². The first-order valence-corrected chi connectivity index (χ1v) is 5.91. The van der Waals surface area contributed by atoms with Crippen molar-refractivity contribution in [3.8, 4) is 0 Å². The van der Waals surface area contributed by atoms with Crippen LogP contribution < -0.4 is 11.2 Å². The van der Waals surface area contributed by atoms with E-state index < -0.39 is 17.5 Å². The van der Waals surface area contributed by atoms with Crippen LogP contribution in [0.2, 0.25) is 0 Å². The number of nitrogens with zero attached hydrogens (tertiary/aromatic N) is 1. The number of hydrogen-bond acceptors (Lipinski definition) is 5. The second kappa shape index (κ2) is 5.66. The van der Waals surface area contributed by atoms with Crippen LogP contribution in [-0.2, 0) is 14.3 Å². The van der Waals surface area contributed by atoms with Gasteiger partial charge in [-0.3, -0.25) is 19.1 Å². The van der Waals surface area contributed by atoms with Crippen molar-refractivity contribution in [1.29, 1.82) is 0 Å². The molecule has 102 valence electrons. The van der Waals surface area contributed by atoms with Crippen molar-refractivity contribution in [3.63, 3.8) is 0 Å². The first-order valence-electron chi connectivity index (χ1n) is 5.91. The normalized spacial score (nSPS) is 21.5. The standard InChI is InChI=1S/C12H14N2O5/c1-2-11(16)18-7-8-3-4-10(19-8)14-6-5-9(15)13-12(14)17/h3-6,8,10H,2,7H2,1H3,(H,13,15,17)/t8-,10+/m1/s1. The molecule has 1 aromatic heterocycles. The van der Waals surface area contributed by atoms with Crippen molar-refractivity contribution in [2.24, 2.45) is 0 Å². The molecule has 19 heavy (non-hydrogen) atoms. The van der Waals surface area contributed by atoms with E-state index in [0.29, 0.717) is 6.42 Å². The fourth-order valence-corrected chi connectivity index (χ4v) is 1.65. The van der Waals surface area contributed by atoms with Crippen LogP contribution in [0.4, 0.5) is 0 Å². The van der Waals surface area contributed by atoms with Crippen LogP contribution in [0.25, 0.3) is 0 Å². The summed E-state index contributed by atoms with van der Waals surface area (Å²) < 4.78 is 11.7. The summed E-state index contributed by atoms with van der Waals surface area (Å²) in [5.41, 5.74) is -1.01. The largest absolute Gasteiger partial charge is 0.463 e. The number of aromatic amines is 1. The number of ether oxygens (including phenoxy) is 2. The highest BCUT2D eigenvalue weighted by molar-refractivity contribution is 5.68. The highest BCUT2D eigenvalue weighted by atomic mass is 16.6. The quantitative estimate of drug-likeness (QED) is 0.609. The molecule has 0 amide bonds. The summed E-state index contributed by atoms with van der Waals surface area (Å²) >= 11 is 0. The molecule has 0 fully saturated rings. The summed E-state index contributed by atoms with van der Waals surface area (Å²) in [5, 5.41) is 0. The van der Waals surface area contributed by atoms with Crippen molar-refractivity contribution < 1.29 is 14.3 Å². The smallest absolute Gasteiger partial charge is 0.330 e. The van der Waals surface area contributed by atoms with Gasteiger partial charge in [0.15, 0.2) is 6.23 Å². The Morgan fingerprint density at radius 2 is 2.26 bits per heavy atom. The van der Waals surface area contributed by atoms with Crippen molar-refractivity contribution >= 4 is 5.97 Å². The van der Waals surface area contributed by atoms with Crippen LogP contribution in [-0.4, -0.2) is 28.2 Å². The molecule has 7 nitrogen and oxygen atoms in total. The van der Waals surface area contributed by atoms with Gasteiger partial charge in [-0.25, -0.2) is 4.79 Å². The van der Waals surface area contributed by atoms with Crippen LogP contribution in [0.15, 0.2) is 34.0 Å². The van der Waals surface area contributed by atoms with E-state index in [0.717, 1.165) is 0 Å². The van der Waals surface area contributed by atoms with Gasteiger partial charge >= 0.3 is 11.7 Å². The second-order valence-electron chi connectivity index (χ2n) is 4.00. The topological polar surface area (TPSA) is 90.4 Å². The van der Waals surface area contributed by atoms with Crippen LogP contribution in [0.5, 0.6) is 0 Å².